The highest BCUT2D eigenvalue weighted by Gasteiger charge is 2.23. The molecule has 5 nitrogen and oxygen atoms in total. The molecule has 1 amide bonds. The van der Waals surface area contributed by atoms with Crippen molar-refractivity contribution in [3.05, 3.63) is 75.6 Å². The molecule has 1 aromatic heterocycles. The van der Waals surface area contributed by atoms with Crippen LogP contribution in [0.25, 0.3) is 0 Å². The highest BCUT2D eigenvalue weighted by molar-refractivity contribution is 7.98. The lowest BCUT2D eigenvalue weighted by molar-refractivity contribution is 0.0923. The van der Waals surface area contributed by atoms with Crippen LogP contribution in [0.5, 0.6) is 0 Å². The van der Waals surface area contributed by atoms with E-state index in [2.05, 4.69) is 29.4 Å². The standard InChI is InChI=1S/C21H21Cl2N3O2S/c1-13(2)10-18(24-19(27)15-6-8-16(22)9-7-15)20-25-26-21(28-20)29-12-14-4-3-5-17(23)11-14/h3-9,11,13,18H,10,12H2,1-2H3,(H,24,27)/t18-/m0/s1. The Bertz CT molecular complexity index is 961. The number of nitrogens with one attached hydrogen (secondary N) is 1. The zero-order valence-electron chi connectivity index (χ0n) is 16.1. The lowest BCUT2D eigenvalue weighted by Gasteiger charge is -2.17. The molecule has 3 aromatic rings. The topological polar surface area (TPSA) is 68.0 Å². The maximum Gasteiger partial charge on any atom is 0.276 e. The Balaban J connectivity index is 1.68. The van der Waals surface area contributed by atoms with Gasteiger partial charge in [-0.2, -0.15) is 0 Å². The molecule has 0 bridgehead atoms. The van der Waals surface area contributed by atoms with E-state index in [1.807, 2.05) is 24.3 Å². The van der Waals surface area contributed by atoms with Crippen LogP contribution in [-0.4, -0.2) is 16.1 Å². The summed E-state index contributed by atoms with van der Waals surface area (Å²) in [4.78, 5) is 12.6. The first-order chi connectivity index (χ1) is 13.9. The van der Waals surface area contributed by atoms with E-state index in [-0.39, 0.29) is 11.9 Å². The van der Waals surface area contributed by atoms with Crippen molar-refractivity contribution in [2.45, 2.75) is 37.3 Å². The van der Waals surface area contributed by atoms with Crippen LogP contribution < -0.4 is 5.32 Å². The predicted octanol–water partition coefficient (Wildman–Crippen LogP) is 6.19. The molecule has 8 heteroatoms. The minimum atomic E-state index is -0.369. The second-order valence-electron chi connectivity index (χ2n) is 6.99. The molecule has 0 unspecified atom stereocenters. The van der Waals surface area contributed by atoms with E-state index < -0.39 is 0 Å². The monoisotopic (exact) mass is 449 g/mol. The summed E-state index contributed by atoms with van der Waals surface area (Å²) in [5.74, 6) is 1.18. The van der Waals surface area contributed by atoms with Gasteiger partial charge in [-0.05, 0) is 54.3 Å². The molecule has 0 saturated carbocycles. The number of benzene rings is 2. The van der Waals surface area contributed by atoms with Crippen LogP contribution in [0.3, 0.4) is 0 Å². The number of halogens is 2. The highest BCUT2D eigenvalue weighted by Crippen LogP contribution is 2.27. The first kappa shape index (κ1) is 21.7. The van der Waals surface area contributed by atoms with Gasteiger partial charge < -0.3 is 9.73 Å². The van der Waals surface area contributed by atoms with Gasteiger partial charge in [0.05, 0.1) is 0 Å². The van der Waals surface area contributed by atoms with Crippen LogP contribution in [0.2, 0.25) is 10.0 Å². The molecule has 0 aliphatic heterocycles. The van der Waals surface area contributed by atoms with E-state index in [1.165, 1.54) is 11.8 Å². The summed E-state index contributed by atoms with van der Waals surface area (Å²) in [5.41, 5.74) is 1.59. The SMILES string of the molecule is CC(C)C[C@H](NC(=O)c1ccc(Cl)cc1)c1nnc(SCc2cccc(Cl)c2)o1. The molecule has 152 valence electrons. The average Bonchev–Trinajstić information content (AvgIpc) is 3.15. The molecule has 29 heavy (non-hydrogen) atoms. The van der Waals surface area contributed by atoms with Gasteiger partial charge >= 0.3 is 0 Å². The second-order valence-corrected chi connectivity index (χ2v) is 8.79. The molecule has 0 aliphatic rings. The Morgan fingerprint density at radius 3 is 2.55 bits per heavy atom. The maximum atomic E-state index is 12.6. The molecule has 1 N–H and O–H groups in total. The number of aromatic nitrogens is 2. The molecular formula is C21H21Cl2N3O2S. The Morgan fingerprint density at radius 2 is 1.86 bits per heavy atom. The number of thioether (sulfide) groups is 1. The summed E-state index contributed by atoms with van der Waals surface area (Å²) in [6.45, 7) is 4.15. The first-order valence-electron chi connectivity index (χ1n) is 9.18. The average molecular weight is 450 g/mol. The van der Waals surface area contributed by atoms with Crippen molar-refractivity contribution in [1.82, 2.24) is 15.5 Å². The van der Waals surface area contributed by atoms with Gasteiger partial charge in [-0.3, -0.25) is 4.79 Å². The van der Waals surface area contributed by atoms with Gasteiger partial charge in [0, 0.05) is 21.4 Å². The van der Waals surface area contributed by atoms with E-state index >= 15 is 0 Å². The van der Waals surface area contributed by atoms with E-state index in [0.29, 0.717) is 44.8 Å². The van der Waals surface area contributed by atoms with E-state index in [0.717, 1.165) is 5.56 Å². The number of nitrogens with zero attached hydrogens (tertiary/aromatic N) is 2. The first-order valence-corrected chi connectivity index (χ1v) is 10.9. The third-order valence-electron chi connectivity index (χ3n) is 4.09. The Kier molecular flexibility index (Phi) is 7.58. The number of amides is 1. The molecule has 0 radical (unpaired) electrons. The van der Waals surface area contributed by atoms with Gasteiger partial charge in [-0.15, -0.1) is 10.2 Å². The van der Waals surface area contributed by atoms with Crippen molar-refractivity contribution in [3.8, 4) is 0 Å². The number of carbonyl (C=O) groups excluding carboxylic acids is 1. The second kappa shape index (κ2) is 10.1. The Hall–Kier alpha value is -2.02. The van der Waals surface area contributed by atoms with Crippen molar-refractivity contribution in [2.24, 2.45) is 5.92 Å². The van der Waals surface area contributed by atoms with Gasteiger partial charge in [0.1, 0.15) is 6.04 Å². The van der Waals surface area contributed by atoms with Gasteiger partial charge in [0.2, 0.25) is 5.89 Å². The van der Waals surface area contributed by atoms with Crippen molar-refractivity contribution >= 4 is 40.9 Å². The Labute approximate surface area is 184 Å². The summed E-state index contributed by atoms with van der Waals surface area (Å²) >= 11 is 13.3. The largest absolute Gasteiger partial charge is 0.414 e. The van der Waals surface area contributed by atoms with E-state index in [4.69, 9.17) is 27.6 Å². The van der Waals surface area contributed by atoms with Gasteiger partial charge in [0.25, 0.3) is 11.1 Å². The van der Waals surface area contributed by atoms with Crippen LogP contribution in [0.4, 0.5) is 0 Å². The molecule has 0 fully saturated rings. The molecular weight excluding hydrogens is 429 g/mol. The van der Waals surface area contributed by atoms with Crippen LogP contribution in [0.1, 0.15) is 48.1 Å². The van der Waals surface area contributed by atoms with Crippen molar-refractivity contribution in [2.75, 3.05) is 0 Å². The van der Waals surface area contributed by atoms with Gasteiger partial charge in [0.15, 0.2) is 0 Å². The summed E-state index contributed by atoms with van der Waals surface area (Å²) in [6.07, 6.45) is 0.680. The van der Waals surface area contributed by atoms with Crippen molar-refractivity contribution in [3.63, 3.8) is 0 Å². The van der Waals surface area contributed by atoms with E-state index in [9.17, 15) is 4.79 Å². The molecule has 1 atom stereocenters. The van der Waals surface area contributed by atoms with Crippen LogP contribution >= 0.6 is 35.0 Å². The summed E-state index contributed by atoms with van der Waals surface area (Å²) in [5, 5.41) is 13.0. The molecule has 3 rings (SSSR count). The summed E-state index contributed by atoms with van der Waals surface area (Å²) in [6, 6.07) is 14.0. The zero-order valence-corrected chi connectivity index (χ0v) is 18.4. The molecule has 2 aromatic carbocycles. The fourth-order valence-corrected chi connectivity index (χ4v) is 3.78. The summed E-state index contributed by atoms with van der Waals surface area (Å²) in [7, 11) is 0. The lowest BCUT2D eigenvalue weighted by atomic mass is 10.0. The number of carbonyl (C=O) groups is 1. The summed E-state index contributed by atoms with van der Waals surface area (Å²) < 4.78 is 5.83. The molecule has 0 spiro atoms. The number of hydrogen-bond donors (Lipinski definition) is 1. The zero-order chi connectivity index (χ0) is 20.8. The van der Waals surface area contributed by atoms with Crippen molar-refractivity contribution < 1.29 is 9.21 Å². The van der Waals surface area contributed by atoms with Gasteiger partial charge in [-0.1, -0.05) is 60.9 Å². The quantitative estimate of drug-likeness (QED) is 0.415. The van der Waals surface area contributed by atoms with Crippen molar-refractivity contribution in [1.29, 1.82) is 0 Å². The lowest BCUT2D eigenvalue weighted by Crippen LogP contribution is -2.29. The van der Waals surface area contributed by atoms with E-state index in [1.54, 1.807) is 24.3 Å². The number of rotatable bonds is 8. The minimum Gasteiger partial charge on any atom is -0.414 e. The third-order valence-corrected chi connectivity index (χ3v) is 5.47. The fraction of sp³-hybridized carbons (Fsp3) is 0.286. The van der Waals surface area contributed by atoms with Gasteiger partial charge in [-0.25, -0.2) is 0 Å². The molecule has 1 heterocycles. The predicted molar refractivity (Wildman–Crippen MR) is 116 cm³/mol. The minimum absolute atomic E-state index is 0.210. The van der Waals surface area contributed by atoms with Crippen LogP contribution in [0.15, 0.2) is 58.2 Å². The fourth-order valence-electron chi connectivity index (χ4n) is 2.73. The normalized spacial score (nSPS) is 12.2. The number of hydrogen-bond acceptors (Lipinski definition) is 5. The third kappa shape index (κ3) is 6.49. The maximum absolute atomic E-state index is 12.6. The smallest absolute Gasteiger partial charge is 0.276 e. The Morgan fingerprint density at radius 1 is 1.10 bits per heavy atom. The molecule has 0 aliphatic carbocycles. The molecule has 0 saturated heterocycles. The highest BCUT2D eigenvalue weighted by atomic mass is 35.5. The van der Waals surface area contributed by atoms with Crippen LogP contribution in [-0.2, 0) is 5.75 Å². The van der Waals surface area contributed by atoms with Crippen LogP contribution in [0, 0.1) is 5.92 Å².